The summed E-state index contributed by atoms with van der Waals surface area (Å²) in [6, 6.07) is 70.3. The molecule has 0 saturated heterocycles. The normalized spacial score (nSPS) is 11.5. The fraction of sp³-hybridized carbons (Fsp3) is 0.240. The maximum atomic E-state index is 13.4. The first-order valence-corrected chi connectivity index (χ1v) is 40.8. The average molecular weight is 1720 g/mol. The maximum absolute atomic E-state index is 13.4. The monoisotopic (exact) mass is 1720 g/mol. The van der Waals surface area contributed by atoms with Crippen molar-refractivity contribution < 1.29 is 95.3 Å². The van der Waals surface area contributed by atoms with E-state index < -0.39 is 0 Å². The summed E-state index contributed by atoms with van der Waals surface area (Å²) in [5.41, 5.74) is 38.8. The standard InChI is InChI=1S/C26H27F2NO.2C24H25F2N3O.C19H12F2O2.C7H17N.2ClH/c1-3-4-5-18(2)17-29-26(30)23-15-21(19-6-10-24(27)11-7-19)14-22(16-23)20-8-12-25(28)13-9-20;2*25-21-7-3-16(4-8-21)18-12-19(17-5-9-22(26)10-6-17)14-20(13-18)24(30)29-15-23(28)2-1-11-27;20-17-5-1-13(2-6-17)15-9-16(11-19(10-15)23-12-22)14-3-7-18(21)8-4-14;1-3-4-5-7(2)6-8;;/h6-16,18H,3-5,17H2,1-2H3,(H,29,30);2*3-10,12-14,23H,1-2,11,15,27-28H2,(H,29,30);1-12H;7H,3-6,8H2,1-2H3;2*1H/t18-;2*23-;;7-;;/m000.0../s1. The van der Waals surface area contributed by atoms with E-state index in [1.165, 1.54) is 116 Å². The van der Waals surface area contributed by atoms with Gasteiger partial charge in [0, 0.05) is 48.7 Å². The van der Waals surface area contributed by atoms with Gasteiger partial charge in [0.25, 0.3) is 24.2 Å². The third-order valence-electron chi connectivity index (χ3n) is 19.9. The molecule has 12 rings (SSSR count). The van der Waals surface area contributed by atoms with Gasteiger partial charge in [0.1, 0.15) is 58.3 Å². The van der Waals surface area contributed by atoms with Crippen molar-refractivity contribution in [3.63, 3.8) is 0 Å². The van der Waals surface area contributed by atoms with Crippen molar-refractivity contribution in [1.29, 1.82) is 0 Å². The van der Waals surface area contributed by atoms with E-state index in [2.05, 4.69) is 55.1 Å². The number of halogens is 10. The quantitative estimate of drug-likeness (QED) is 0.0148. The number of nitrogens with two attached hydrogens (primary N) is 3. The van der Waals surface area contributed by atoms with Crippen LogP contribution in [0.2, 0.25) is 0 Å². The van der Waals surface area contributed by atoms with Gasteiger partial charge in [-0.1, -0.05) is 150 Å². The molecule has 15 N–H and O–H groups in total. The molecule has 0 unspecified atom stereocenters. The molecule has 648 valence electrons. The van der Waals surface area contributed by atoms with E-state index in [4.69, 9.17) is 21.9 Å². The van der Waals surface area contributed by atoms with E-state index in [1.807, 2.05) is 36.4 Å². The molecule has 4 atom stereocenters. The summed E-state index contributed by atoms with van der Waals surface area (Å²) in [6.45, 7) is 12.7. The van der Waals surface area contributed by atoms with Gasteiger partial charge in [-0.25, -0.2) is 35.1 Å². The molecule has 0 aliphatic rings. The smallest absolute Gasteiger partial charge is 0.298 e. The molecule has 123 heavy (non-hydrogen) atoms. The van der Waals surface area contributed by atoms with Gasteiger partial charge in [0.2, 0.25) is 0 Å². The number of ether oxygens (including phenoxy) is 1. The molecule has 0 radical (unpaired) electrons. The molecule has 0 aliphatic carbocycles. The molecule has 0 aromatic heterocycles. The summed E-state index contributed by atoms with van der Waals surface area (Å²) in [4.78, 5) is 49.1. The number of amides is 3. The summed E-state index contributed by atoms with van der Waals surface area (Å²) in [5.74, 6) is -1.70. The minimum atomic E-state index is -0.335. The highest BCUT2D eigenvalue weighted by molar-refractivity contribution is 5.99. The number of carbonyl (C=O) groups excluding carboxylic acids is 4. The van der Waals surface area contributed by atoms with E-state index in [-0.39, 0.29) is 101 Å². The van der Waals surface area contributed by atoms with Crippen molar-refractivity contribution >= 4 is 24.2 Å². The van der Waals surface area contributed by atoms with Crippen LogP contribution in [0.5, 0.6) is 5.75 Å². The molecule has 0 heterocycles. The molecule has 23 heteroatoms. The molecule has 0 bridgehead atoms. The van der Waals surface area contributed by atoms with Crippen molar-refractivity contribution in [1.82, 2.24) is 16.0 Å². The van der Waals surface area contributed by atoms with E-state index in [0.717, 1.165) is 153 Å². The zero-order valence-electron chi connectivity index (χ0n) is 69.6. The number of quaternary nitrogens is 2. The van der Waals surface area contributed by atoms with Crippen LogP contribution in [0.4, 0.5) is 35.1 Å². The largest absolute Gasteiger partial charge is 1.00 e. The van der Waals surface area contributed by atoms with Gasteiger partial charge in [0.05, 0.1) is 13.1 Å². The van der Waals surface area contributed by atoms with Crippen LogP contribution in [0.15, 0.2) is 267 Å². The van der Waals surface area contributed by atoms with Crippen LogP contribution in [0.1, 0.15) is 123 Å². The lowest BCUT2D eigenvalue weighted by Gasteiger charge is -2.14. The van der Waals surface area contributed by atoms with E-state index in [9.17, 15) is 54.3 Å². The Balaban J connectivity index is 0.000000246. The van der Waals surface area contributed by atoms with Crippen molar-refractivity contribution in [2.75, 3.05) is 39.3 Å². The first-order chi connectivity index (χ1) is 58.3. The van der Waals surface area contributed by atoms with Gasteiger partial charge in [-0.15, -0.1) is 0 Å². The number of rotatable bonds is 32. The second-order valence-corrected chi connectivity index (χ2v) is 29.8. The molecule has 3 amide bonds. The fourth-order valence-corrected chi connectivity index (χ4v) is 12.8. The van der Waals surface area contributed by atoms with Gasteiger partial charge < -0.3 is 74.2 Å². The lowest BCUT2D eigenvalue weighted by molar-refractivity contribution is -0.423. The van der Waals surface area contributed by atoms with Crippen molar-refractivity contribution in [2.24, 2.45) is 29.0 Å². The van der Waals surface area contributed by atoms with Crippen molar-refractivity contribution in [2.45, 2.75) is 104 Å². The van der Waals surface area contributed by atoms with Crippen LogP contribution in [0.3, 0.4) is 0 Å². The van der Waals surface area contributed by atoms with Crippen molar-refractivity contribution in [3.8, 4) is 94.8 Å². The lowest BCUT2D eigenvalue weighted by atomic mass is 9.95. The first kappa shape index (κ1) is 100. The highest BCUT2D eigenvalue weighted by Gasteiger charge is 2.19. The molecular formula is C100H108Cl2F8N8O5. The number of hydrogen-bond acceptors (Lipinski definition) is 8. The summed E-state index contributed by atoms with van der Waals surface area (Å²) in [5, 5.41) is 8.82. The van der Waals surface area contributed by atoms with Crippen molar-refractivity contribution in [3.05, 3.63) is 330 Å². The Bertz CT molecular complexity index is 4570. The molecule has 0 saturated carbocycles. The number of benzene rings is 12. The summed E-state index contributed by atoms with van der Waals surface area (Å²) >= 11 is 0. The van der Waals surface area contributed by atoms with Crippen LogP contribution in [-0.4, -0.2) is 75.5 Å². The Kier molecular flexibility index (Phi) is 42.8. The van der Waals surface area contributed by atoms with Crippen LogP contribution >= 0.6 is 0 Å². The number of carbonyl (C=O) groups is 4. The van der Waals surface area contributed by atoms with Gasteiger partial charge in [-0.2, -0.15) is 0 Å². The molecule has 0 fully saturated rings. The van der Waals surface area contributed by atoms with E-state index in [0.29, 0.717) is 61.0 Å². The summed E-state index contributed by atoms with van der Waals surface area (Å²) in [7, 11) is 0. The average Bonchev–Trinajstić information content (AvgIpc) is 0.838. The Morgan fingerprint density at radius 1 is 0.350 bits per heavy atom. The molecule has 12 aromatic rings. The Labute approximate surface area is 728 Å². The molecule has 0 aliphatic heterocycles. The highest BCUT2D eigenvalue weighted by atomic mass is 35.5. The second kappa shape index (κ2) is 52.6. The Morgan fingerprint density at radius 2 is 0.602 bits per heavy atom. The SMILES string of the molecule is CCCC[C@H](C)CN.CCCC[C@H](C)CNC(=O)c1cc(-c2ccc(F)cc2)cc(-c2ccc(F)cc2)c1.NCCC[C@H](N)CNC(=O)c1cc(-c2ccc(F)cc2)cc(-c2ccc(F)cc2)c1.O=COc1cc(-c2ccc(F)cc2)cc(-c2ccc(F)cc2)c1.[Cl-].[Cl-].[NH3+]CCC[C@H]([NH3+])CNC(=O)c1cc(-c2ccc(F)cc2)cc(-c2ccc(F)cc2)c1. The highest BCUT2D eigenvalue weighted by Crippen LogP contribution is 2.35. The minimum Gasteiger partial charge on any atom is -1.00 e. The summed E-state index contributed by atoms with van der Waals surface area (Å²) in [6.07, 6.45) is 10.7. The zero-order chi connectivity index (χ0) is 87.2. The molecule has 13 nitrogen and oxygen atoms in total. The molecule has 12 aromatic carbocycles. The Hall–Kier alpha value is -11.7. The number of unbranched alkanes of at least 4 members (excludes halogenated alkanes) is 2. The number of hydrogen-bond donors (Lipinski definition) is 8. The zero-order valence-corrected chi connectivity index (χ0v) is 71.1. The molecule has 0 spiro atoms. The van der Waals surface area contributed by atoms with Gasteiger partial charge >= 0.3 is 0 Å². The fourth-order valence-electron chi connectivity index (χ4n) is 12.8. The number of nitrogens with one attached hydrogen (secondary N) is 3. The van der Waals surface area contributed by atoms with Gasteiger partial charge in [-0.05, 0) is 309 Å². The molecular weight excluding hydrogens is 1620 g/mol. The topological polar surface area (TPSA) is 247 Å². The predicted octanol–water partition coefficient (Wildman–Crippen LogP) is 14.2. The minimum absolute atomic E-state index is 0. The second-order valence-electron chi connectivity index (χ2n) is 29.8. The van der Waals surface area contributed by atoms with Gasteiger partial charge in [0.15, 0.2) is 0 Å². The Morgan fingerprint density at radius 3 is 0.846 bits per heavy atom. The van der Waals surface area contributed by atoms with Crippen LogP contribution < -0.4 is 74.2 Å². The predicted molar refractivity (Wildman–Crippen MR) is 469 cm³/mol. The first-order valence-electron chi connectivity index (χ1n) is 40.8. The van der Waals surface area contributed by atoms with E-state index >= 15 is 0 Å². The van der Waals surface area contributed by atoms with Crippen LogP contribution in [-0.2, 0) is 4.79 Å². The van der Waals surface area contributed by atoms with Gasteiger partial charge in [-0.3, -0.25) is 19.2 Å². The van der Waals surface area contributed by atoms with Crippen LogP contribution in [0, 0.1) is 58.4 Å². The maximum Gasteiger partial charge on any atom is 0.298 e. The third-order valence-corrected chi connectivity index (χ3v) is 19.9. The lowest BCUT2D eigenvalue weighted by Crippen LogP contribution is -3.00. The van der Waals surface area contributed by atoms with Crippen LogP contribution in [0.25, 0.3) is 89.0 Å². The third kappa shape index (κ3) is 33.6. The summed E-state index contributed by atoms with van der Waals surface area (Å²) < 4.78 is 111. The van der Waals surface area contributed by atoms with E-state index in [1.54, 1.807) is 133 Å².